The molecule has 0 aliphatic heterocycles. The summed E-state index contributed by atoms with van der Waals surface area (Å²) in [5.41, 5.74) is 6.70. The van der Waals surface area contributed by atoms with Gasteiger partial charge in [0.1, 0.15) is 17.9 Å². The van der Waals surface area contributed by atoms with Crippen LogP contribution in [0, 0.1) is 6.92 Å². The first-order chi connectivity index (χ1) is 10.1. The average Bonchev–Trinajstić information content (AvgIpc) is 2.94. The van der Waals surface area contributed by atoms with E-state index in [1.54, 1.807) is 17.9 Å². The second kappa shape index (κ2) is 6.60. The molecule has 0 saturated heterocycles. The normalized spacial score (nSPS) is 11.4. The highest BCUT2D eigenvalue weighted by Gasteiger charge is 2.19. The number of nitrogens with zero attached hydrogens (tertiary/aromatic N) is 2. The van der Waals surface area contributed by atoms with Crippen LogP contribution < -0.4 is 10.6 Å². The average molecular weight is 287 g/mol. The van der Waals surface area contributed by atoms with E-state index in [0.717, 1.165) is 5.69 Å². The third-order valence-corrected chi connectivity index (χ3v) is 3.01. The standard InChI is InChI=1S/C15H17N3O3/c1-11-9-12(10-21-11)15(19)18(8-7-14(16)17-20)13-5-3-2-4-6-13/h2-6,9-10,20H,7-8H2,1H3,(H2,16,17). The van der Waals surface area contributed by atoms with Crippen molar-refractivity contribution >= 4 is 17.4 Å². The summed E-state index contributed by atoms with van der Waals surface area (Å²) < 4.78 is 5.18. The van der Waals surface area contributed by atoms with E-state index in [1.807, 2.05) is 30.3 Å². The van der Waals surface area contributed by atoms with Gasteiger partial charge in [0, 0.05) is 18.7 Å². The van der Waals surface area contributed by atoms with Crippen molar-refractivity contribution in [3.8, 4) is 0 Å². The van der Waals surface area contributed by atoms with Crippen molar-refractivity contribution in [1.82, 2.24) is 0 Å². The molecule has 1 aromatic carbocycles. The molecule has 0 aliphatic carbocycles. The molecule has 0 aliphatic rings. The van der Waals surface area contributed by atoms with E-state index in [1.165, 1.54) is 6.26 Å². The fourth-order valence-corrected chi connectivity index (χ4v) is 1.94. The lowest BCUT2D eigenvalue weighted by Crippen LogP contribution is -2.34. The van der Waals surface area contributed by atoms with E-state index >= 15 is 0 Å². The second-order valence-electron chi connectivity index (χ2n) is 4.58. The Morgan fingerprint density at radius 2 is 2.10 bits per heavy atom. The van der Waals surface area contributed by atoms with Gasteiger partial charge in [-0.25, -0.2) is 0 Å². The molecule has 0 spiro atoms. The third kappa shape index (κ3) is 3.62. The Hall–Kier alpha value is -2.76. The van der Waals surface area contributed by atoms with E-state index in [9.17, 15) is 4.79 Å². The Bertz CT molecular complexity index is 635. The number of rotatable bonds is 5. The fraction of sp³-hybridized carbons (Fsp3) is 0.200. The zero-order valence-electron chi connectivity index (χ0n) is 11.7. The van der Waals surface area contributed by atoms with Crippen LogP contribution in [0.5, 0.6) is 0 Å². The molecule has 0 radical (unpaired) electrons. The van der Waals surface area contributed by atoms with Crippen LogP contribution in [-0.2, 0) is 0 Å². The number of benzene rings is 1. The van der Waals surface area contributed by atoms with Crippen LogP contribution in [0.15, 0.2) is 52.2 Å². The molecule has 1 amide bonds. The molecule has 6 heteroatoms. The Balaban J connectivity index is 2.25. The predicted octanol–water partition coefficient (Wildman–Crippen LogP) is 2.37. The van der Waals surface area contributed by atoms with Gasteiger partial charge in [-0.1, -0.05) is 23.4 Å². The van der Waals surface area contributed by atoms with E-state index in [-0.39, 0.29) is 18.2 Å². The molecule has 110 valence electrons. The number of anilines is 1. The van der Waals surface area contributed by atoms with Gasteiger partial charge in [0.25, 0.3) is 5.91 Å². The Kier molecular flexibility index (Phi) is 4.61. The SMILES string of the molecule is Cc1cc(C(=O)N(CC/C(N)=N/O)c2ccccc2)co1. The van der Waals surface area contributed by atoms with Gasteiger partial charge in [-0.05, 0) is 25.1 Å². The number of nitrogens with two attached hydrogens (primary N) is 1. The highest BCUT2D eigenvalue weighted by atomic mass is 16.4. The number of aryl methyl sites for hydroxylation is 1. The summed E-state index contributed by atoms with van der Waals surface area (Å²) in [6.45, 7) is 2.09. The summed E-state index contributed by atoms with van der Waals surface area (Å²) in [5, 5.41) is 11.5. The topological polar surface area (TPSA) is 92.1 Å². The van der Waals surface area contributed by atoms with Crippen molar-refractivity contribution in [2.75, 3.05) is 11.4 Å². The highest BCUT2D eigenvalue weighted by Crippen LogP contribution is 2.18. The van der Waals surface area contributed by atoms with E-state index < -0.39 is 0 Å². The van der Waals surface area contributed by atoms with Gasteiger partial charge in [0.05, 0.1) is 5.56 Å². The van der Waals surface area contributed by atoms with Crippen molar-refractivity contribution in [2.24, 2.45) is 10.9 Å². The summed E-state index contributed by atoms with van der Waals surface area (Å²) in [6, 6.07) is 10.9. The fourth-order valence-electron chi connectivity index (χ4n) is 1.94. The lowest BCUT2D eigenvalue weighted by atomic mass is 10.2. The first-order valence-electron chi connectivity index (χ1n) is 6.50. The van der Waals surface area contributed by atoms with E-state index in [4.69, 9.17) is 15.4 Å². The zero-order chi connectivity index (χ0) is 15.2. The molecule has 0 bridgehead atoms. The number of hydrogen-bond donors (Lipinski definition) is 2. The van der Waals surface area contributed by atoms with E-state index in [2.05, 4.69) is 5.16 Å². The molecule has 21 heavy (non-hydrogen) atoms. The van der Waals surface area contributed by atoms with Crippen molar-refractivity contribution < 1.29 is 14.4 Å². The van der Waals surface area contributed by atoms with Crippen molar-refractivity contribution in [3.63, 3.8) is 0 Å². The number of amidine groups is 1. The van der Waals surface area contributed by atoms with Crippen molar-refractivity contribution in [2.45, 2.75) is 13.3 Å². The first-order valence-corrected chi connectivity index (χ1v) is 6.50. The summed E-state index contributed by atoms with van der Waals surface area (Å²) >= 11 is 0. The van der Waals surface area contributed by atoms with Gasteiger partial charge >= 0.3 is 0 Å². The smallest absolute Gasteiger partial charge is 0.261 e. The lowest BCUT2D eigenvalue weighted by molar-refractivity contribution is 0.0987. The van der Waals surface area contributed by atoms with Crippen molar-refractivity contribution in [1.29, 1.82) is 0 Å². The van der Waals surface area contributed by atoms with Crippen LogP contribution in [0.4, 0.5) is 5.69 Å². The molecular formula is C15H17N3O3. The largest absolute Gasteiger partial charge is 0.469 e. The number of carbonyl (C=O) groups is 1. The Morgan fingerprint density at radius 1 is 1.38 bits per heavy atom. The highest BCUT2D eigenvalue weighted by molar-refractivity contribution is 6.06. The number of carbonyl (C=O) groups excluding carboxylic acids is 1. The van der Waals surface area contributed by atoms with Crippen LogP contribution in [0.1, 0.15) is 22.5 Å². The molecule has 0 unspecified atom stereocenters. The zero-order valence-corrected chi connectivity index (χ0v) is 11.7. The van der Waals surface area contributed by atoms with Crippen LogP contribution in [0.3, 0.4) is 0 Å². The maximum atomic E-state index is 12.6. The third-order valence-electron chi connectivity index (χ3n) is 3.01. The van der Waals surface area contributed by atoms with E-state index in [0.29, 0.717) is 17.9 Å². The lowest BCUT2D eigenvalue weighted by Gasteiger charge is -2.22. The monoisotopic (exact) mass is 287 g/mol. The number of hydrogen-bond acceptors (Lipinski definition) is 4. The first kappa shape index (κ1) is 14.6. The minimum Gasteiger partial charge on any atom is -0.469 e. The molecule has 6 nitrogen and oxygen atoms in total. The van der Waals surface area contributed by atoms with Gasteiger partial charge < -0.3 is 20.3 Å². The van der Waals surface area contributed by atoms with Crippen LogP contribution in [0.2, 0.25) is 0 Å². The van der Waals surface area contributed by atoms with Gasteiger partial charge in [0.15, 0.2) is 0 Å². The molecule has 0 saturated carbocycles. The Labute approximate surface area is 122 Å². The van der Waals surface area contributed by atoms with Gasteiger partial charge in [0.2, 0.25) is 0 Å². The van der Waals surface area contributed by atoms with Gasteiger partial charge in [-0.15, -0.1) is 0 Å². The molecule has 1 heterocycles. The summed E-state index contributed by atoms with van der Waals surface area (Å²) in [6.07, 6.45) is 1.70. The van der Waals surface area contributed by atoms with Crippen LogP contribution in [0.25, 0.3) is 0 Å². The van der Waals surface area contributed by atoms with Gasteiger partial charge in [-0.2, -0.15) is 0 Å². The molecular weight excluding hydrogens is 270 g/mol. The minimum atomic E-state index is -0.191. The molecule has 1 aromatic heterocycles. The summed E-state index contributed by atoms with van der Waals surface area (Å²) in [5.74, 6) is 0.554. The molecule has 0 fully saturated rings. The predicted molar refractivity (Wildman–Crippen MR) is 79.6 cm³/mol. The maximum Gasteiger partial charge on any atom is 0.261 e. The second-order valence-corrected chi connectivity index (χ2v) is 4.58. The maximum absolute atomic E-state index is 12.6. The number of para-hydroxylation sites is 1. The number of oxime groups is 1. The van der Waals surface area contributed by atoms with Crippen LogP contribution in [-0.4, -0.2) is 23.5 Å². The molecule has 2 aromatic rings. The van der Waals surface area contributed by atoms with Crippen molar-refractivity contribution in [3.05, 3.63) is 54.0 Å². The summed E-state index contributed by atoms with van der Waals surface area (Å²) in [7, 11) is 0. The Morgan fingerprint density at radius 3 is 2.67 bits per heavy atom. The molecule has 2 rings (SSSR count). The molecule has 3 N–H and O–H groups in total. The summed E-state index contributed by atoms with van der Waals surface area (Å²) in [4.78, 5) is 14.2. The van der Waals surface area contributed by atoms with Gasteiger partial charge in [-0.3, -0.25) is 4.79 Å². The van der Waals surface area contributed by atoms with Crippen LogP contribution >= 0.6 is 0 Å². The minimum absolute atomic E-state index is 0.0760. The number of furan rings is 1. The number of amides is 1. The quantitative estimate of drug-likeness (QED) is 0.382. The molecule has 0 atom stereocenters.